The van der Waals surface area contributed by atoms with Gasteiger partial charge in [0.1, 0.15) is 11.2 Å². The molecule has 0 spiro atoms. The quantitative estimate of drug-likeness (QED) is 0.501. The maximum absolute atomic E-state index is 13.4. The van der Waals surface area contributed by atoms with Gasteiger partial charge in [0.2, 0.25) is 0 Å². The lowest BCUT2D eigenvalue weighted by Crippen LogP contribution is -2.33. The van der Waals surface area contributed by atoms with Gasteiger partial charge in [-0.2, -0.15) is 5.26 Å². The Kier molecular flexibility index (Phi) is 6.76. The highest BCUT2D eigenvalue weighted by atomic mass is 19.1. The van der Waals surface area contributed by atoms with Crippen LogP contribution in [-0.2, 0) is 16.8 Å². The molecule has 0 aromatic heterocycles. The predicted octanol–water partition coefficient (Wildman–Crippen LogP) is 5.32. The zero-order valence-corrected chi connectivity index (χ0v) is 17.6. The van der Waals surface area contributed by atoms with Crippen molar-refractivity contribution in [1.82, 2.24) is 4.90 Å². The summed E-state index contributed by atoms with van der Waals surface area (Å²) in [6, 6.07) is 29.3. The maximum atomic E-state index is 13.4. The van der Waals surface area contributed by atoms with Crippen LogP contribution in [0.2, 0.25) is 0 Å². The number of likely N-dealkylation sites (tertiary alicyclic amines) is 1. The number of hydrogen-bond donors (Lipinski definition) is 0. The van der Waals surface area contributed by atoms with E-state index in [9.17, 15) is 9.65 Å². The fourth-order valence-electron chi connectivity index (χ4n) is 4.39. The molecule has 31 heavy (non-hydrogen) atoms. The van der Waals surface area contributed by atoms with Crippen molar-refractivity contribution in [3.63, 3.8) is 0 Å². The molecule has 1 saturated heterocycles. The zero-order chi connectivity index (χ0) is 21.5. The van der Waals surface area contributed by atoms with E-state index in [1.807, 2.05) is 66.7 Å². The molecule has 0 aliphatic carbocycles. The minimum absolute atomic E-state index is 0.133. The molecule has 0 N–H and O–H groups in total. The van der Waals surface area contributed by atoms with Crippen molar-refractivity contribution < 1.29 is 9.13 Å². The molecular weight excluding hydrogens is 387 g/mol. The number of nitrogens with zero attached hydrogens (tertiary/aromatic N) is 2. The van der Waals surface area contributed by atoms with Crippen LogP contribution in [0.1, 0.15) is 29.5 Å². The highest BCUT2D eigenvalue weighted by molar-refractivity contribution is 5.45. The smallest absolute Gasteiger partial charge is 0.123 e. The highest BCUT2D eigenvalue weighted by Crippen LogP contribution is 2.35. The van der Waals surface area contributed by atoms with Gasteiger partial charge in [0, 0.05) is 19.6 Å². The summed E-state index contributed by atoms with van der Waals surface area (Å²) in [7, 11) is 0. The average Bonchev–Trinajstić information content (AvgIpc) is 3.28. The normalized spacial score (nSPS) is 16.8. The predicted molar refractivity (Wildman–Crippen MR) is 120 cm³/mol. The third-order valence-electron chi connectivity index (χ3n) is 6.13. The molecule has 0 amide bonds. The van der Waals surface area contributed by atoms with E-state index in [0.717, 1.165) is 42.7 Å². The lowest BCUT2D eigenvalue weighted by atomic mass is 9.73. The molecule has 0 bridgehead atoms. The maximum Gasteiger partial charge on any atom is 0.123 e. The van der Waals surface area contributed by atoms with Crippen molar-refractivity contribution in [3.05, 3.63) is 107 Å². The Morgan fingerprint density at radius 3 is 2.26 bits per heavy atom. The van der Waals surface area contributed by atoms with Crippen LogP contribution in [0.25, 0.3) is 0 Å². The molecule has 3 nitrogen and oxygen atoms in total. The van der Waals surface area contributed by atoms with Crippen LogP contribution in [0.4, 0.5) is 4.39 Å². The summed E-state index contributed by atoms with van der Waals surface area (Å²) in [4.78, 5) is 2.37. The average molecular weight is 415 g/mol. The van der Waals surface area contributed by atoms with E-state index in [4.69, 9.17) is 4.74 Å². The van der Waals surface area contributed by atoms with Crippen molar-refractivity contribution in [2.75, 3.05) is 19.6 Å². The molecule has 1 aliphatic rings. The van der Waals surface area contributed by atoms with Gasteiger partial charge in [0.15, 0.2) is 0 Å². The number of rotatable bonds is 8. The highest BCUT2D eigenvalue weighted by Gasteiger charge is 2.35. The molecule has 0 saturated carbocycles. The first-order chi connectivity index (χ1) is 15.2. The largest absolute Gasteiger partial charge is 0.372 e. The number of benzene rings is 3. The van der Waals surface area contributed by atoms with Crippen LogP contribution in [0.5, 0.6) is 0 Å². The summed E-state index contributed by atoms with van der Waals surface area (Å²) in [5.74, 6) is -0.233. The Morgan fingerprint density at radius 2 is 1.65 bits per heavy atom. The van der Waals surface area contributed by atoms with Crippen molar-refractivity contribution in [3.8, 4) is 6.07 Å². The van der Waals surface area contributed by atoms with Crippen molar-refractivity contribution >= 4 is 0 Å². The standard InChI is InChI=1S/C27H27FN2O/c28-25-13-7-8-22(18-25)20-31-26-14-16-30(19-26)17-15-27(21-29,23-9-3-1-4-10-23)24-11-5-2-6-12-24/h1-13,18,26H,14-17,19-20H2. The number of halogens is 1. The molecule has 4 heteroatoms. The number of hydrogen-bond acceptors (Lipinski definition) is 3. The second-order valence-electron chi connectivity index (χ2n) is 8.15. The first kappa shape index (κ1) is 21.2. The summed E-state index contributed by atoms with van der Waals surface area (Å²) in [5, 5.41) is 10.3. The monoisotopic (exact) mass is 414 g/mol. The van der Waals surface area contributed by atoms with E-state index >= 15 is 0 Å². The Bertz CT molecular complexity index is 977. The molecule has 3 aromatic carbocycles. The number of ether oxygens (including phenoxy) is 1. The zero-order valence-electron chi connectivity index (χ0n) is 17.6. The summed E-state index contributed by atoms with van der Waals surface area (Å²) >= 11 is 0. The molecule has 0 radical (unpaired) electrons. The molecule has 1 aliphatic heterocycles. The second kappa shape index (κ2) is 9.87. The molecule has 4 rings (SSSR count). The Labute approximate surface area is 183 Å². The van der Waals surface area contributed by atoms with E-state index in [0.29, 0.717) is 13.0 Å². The van der Waals surface area contributed by atoms with E-state index < -0.39 is 5.41 Å². The minimum atomic E-state index is -0.678. The Hall–Kier alpha value is -3.00. The summed E-state index contributed by atoms with van der Waals surface area (Å²) in [5.41, 5.74) is 2.24. The van der Waals surface area contributed by atoms with Gasteiger partial charge < -0.3 is 9.64 Å². The van der Waals surface area contributed by atoms with Gasteiger partial charge in [-0.05, 0) is 41.7 Å². The van der Waals surface area contributed by atoms with Crippen molar-refractivity contribution in [2.24, 2.45) is 0 Å². The van der Waals surface area contributed by atoms with Crippen molar-refractivity contribution in [2.45, 2.75) is 31.0 Å². The first-order valence-electron chi connectivity index (χ1n) is 10.8. The van der Waals surface area contributed by atoms with Crippen molar-refractivity contribution in [1.29, 1.82) is 5.26 Å². The van der Waals surface area contributed by atoms with Crippen LogP contribution in [-0.4, -0.2) is 30.6 Å². The minimum Gasteiger partial charge on any atom is -0.372 e. The molecule has 3 aromatic rings. The van der Waals surface area contributed by atoms with Gasteiger partial charge in [0.05, 0.1) is 18.8 Å². The molecule has 1 atom stereocenters. The fourth-order valence-corrected chi connectivity index (χ4v) is 4.39. The third kappa shape index (κ3) is 5.02. The van der Waals surface area contributed by atoms with Crippen LogP contribution in [0.15, 0.2) is 84.9 Å². The van der Waals surface area contributed by atoms with Gasteiger partial charge in [-0.1, -0.05) is 72.8 Å². The topological polar surface area (TPSA) is 36.3 Å². The summed E-state index contributed by atoms with van der Waals surface area (Å²) < 4.78 is 19.4. The van der Waals surface area contributed by atoms with Crippen LogP contribution < -0.4 is 0 Å². The number of nitriles is 1. The molecular formula is C27H27FN2O. The van der Waals surface area contributed by atoms with Gasteiger partial charge in [-0.3, -0.25) is 0 Å². The van der Waals surface area contributed by atoms with Gasteiger partial charge in [-0.25, -0.2) is 4.39 Å². The lowest BCUT2D eigenvalue weighted by Gasteiger charge is -2.30. The van der Waals surface area contributed by atoms with E-state index in [1.54, 1.807) is 6.07 Å². The lowest BCUT2D eigenvalue weighted by molar-refractivity contribution is 0.0463. The Morgan fingerprint density at radius 1 is 0.968 bits per heavy atom. The van der Waals surface area contributed by atoms with Gasteiger partial charge in [0.25, 0.3) is 0 Å². The molecule has 1 fully saturated rings. The third-order valence-corrected chi connectivity index (χ3v) is 6.13. The SMILES string of the molecule is N#CC(CCN1CCC(OCc2cccc(F)c2)C1)(c1ccccc1)c1ccccc1. The first-order valence-corrected chi connectivity index (χ1v) is 10.8. The van der Waals surface area contributed by atoms with Crippen LogP contribution >= 0.6 is 0 Å². The second-order valence-corrected chi connectivity index (χ2v) is 8.15. The molecule has 158 valence electrons. The molecule has 1 heterocycles. The van der Waals surface area contributed by atoms with E-state index in [-0.39, 0.29) is 11.9 Å². The van der Waals surface area contributed by atoms with Gasteiger partial charge >= 0.3 is 0 Å². The van der Waals surface area contributed by atoms with Crippen LogP contribution in [0, 0.1) is 17.1 Å². The fraction of sp³-hybridized carbons (Fsp3) is 0.296. The summed E-state index contributed by atoms with van der Waals surface area (Å²) in [6.07, 6.45) is 1.80. The Balaban J connectivity index is 1.41. The van der Waals surface area contributed by atoms with Crippen LogP contribution in [0.3, 0.4) is 0 Å². The van der Waals surface area contributed by atoms with E-state index in [1.165, 1.54) is 12.1 Å². The summed E-state index contributed by atoms with van der Waals surface area (Å²) in [6.45, 7) is 3.02. The van der Waals surface area contributed by atoms with Gasteiger partial charge in [-0.15, -0.1) is 0 Å². The molecule has 1 unspecified atom stereocenters. The van der Waals surface area contributed by atoms with E-state index in [2.05, 4.69) is 11.0 Å².